The molecule has 1 saturated carbocycles. The third kappa shape index (κ3) is 4.05. The van der Waals surface area contributed by atoms with Gasteiger partial charge in [-0.3, -0.25) is 0 Å². The second-order valence-electron chi connectivity index (χ2n) is 6.48. The molecule has 1 aromatic heterocycles. The molecule has 0 radical (unpaired) electrons. The van der Waals surface area contributed by atoms with Crippen LogP contribution in [0.1, 0.15) is 32.6 Å². The smallest absolute Gasteiger partial charge is 0.123 e. The summed E-state index contributed by atoms with van der Waals surface area (Å²) < 4.78 is 9.17. The molecule has 126 valence electrons. The Morgan fingerprint density at radius 2 is 2.13 bits per heavy atom. The summed E-state index contributed by atoms with van der Waals surface area (Å²) in [5.41, 5.74) is 2.03. The first-order chi connectivity index (χ1) is 11.0. The minimum absolute atomic E-state index is 0.261. The van der Waals surface area contributed by atoms with Crippen LogP contribution < -0.4 is 10.1 Å². The van der Waals surface area contributed by atoms with Crippen molar-refractivity contribution in [2.75, 3.05) is 6.54 Å². The van der Waals surface area contributed by atoms with Gasteiger partial charge in [-0.2, -0.15) is 0 Å². The van der Waals surface area contributed by atoms with E-state index in [9.17, 15) is 5.11 Å². The Kier molecular flexibility index (Phi) is 5.24. The molecule has 0 aliphatic heterocycles. The van der Waals surface area contributed by atoms with Gasteiger partial charge in [0.15, 0.2) is 0 Å². The minimum Gasteiger partial charge on any atom is -0.490 e. The number of imidazole rings is 1. The summed E-state index contributed by atoms with van der Waals surface area (Å²) in [6, 6.07) is 4.56. The number of aryl methyl sites for hydroxylation is 1. The lowest BCUT2D eigenvalue weighted by molar-refractivity contribution is 0.131. The lowest BCUT2D eigenvalue weighted by Crippen LogP contribution is -2.39. The van der Waals surface area contributed by atoms with Crippen molar-refractivity contribution in [1.29, 1.82) is 0 Å². The van der Waals surface area contributed by atoms with Crippen LogP contribution in [0.2, 0.25) is 0 Å². The quantitative estimate of drug-likeness (QED) is 0.835. The first kappa shape index (κ1) is 16.7. The first-order valence-corrected chi connectivity index (χ1v) is 9.01. The maximum absolute atomic E-state index is 9.35. The number of aliphatic hydroxyl groups excluding tert-OH is 1. The van der Waals surface area contributed by atoms with Crippen molar-refractivity contribution in [3.63, 3.8) is 0 Å². The van der Waals surface area contributed by atoms with E-state index >= 15 is 0 Å². The van der Waals surface area contributed by atoms with Gasteiger partial charge in [-0.15, -0.1) is 0 Å². The van der Waals surface area contributed by atoms with E-state index in [0.717, 1.165) is 46.9 Å². The molecule has 0 saturated heterocycles. The molecule has 1 aliphatic carbocycles. The fourth-order valence-electron chi connectivity index (χ4n) is 3.15. The van der Waals surface area contributed by atoms with E-state index in [2.05, 4.69) is 32.3 Å². The molecule has 1 atom stereocenters. The summed E-state index contributed by atoms with van der Waals surface area (Å²) >= 11 is 3.58. The topological polar surface area (TPSA) is 59.3 Å². The normalized spacial score (nSPS) is 23.1. The van der Waals surface area contributed by atoms with Crippen molar-refractivity contribution in [2.45, 2.75) is 50.9 Å². The Hall–Kier alpha value is -1.11. The van der Waals surface area contributed by atoms with Gasteiger partial charge in [0.25, 0.3) is 0 Å². The Bertz CT molecular complexity index is 663. The largest absolute Gasteiger partial charge is 0.490 e. The van der Waals surface area contributed by atoms with Crippen LogP contribution in [-0.2, 0) is 7.05 Å². The molecule has 1 heterocycles. The van der Waals surface area contributed by atoms with E-state index < -0.39 is 0 Å². The van der Waals surface area contributed by atoms with E-state index in [0.29, 0.717) is 12.6 Å². The first-order valence-electron chi connectivity index (χ1n) is 8.21. The summed E-state index contributed by atoms with van der Waals surface area (Å²) in [7, 11) is 1.99. The highest BCUT2D eigenvalue weighted by atomic mass is 79.9. The molecular weight excluding hydrogens is 358 g/mol. The molecule has 0 spiro atoms. The molecule has 23 heavy (non-hydrogen) atoms. The van der Waals surface area contributed by atoms with E-state index in [1.807, 2.05) is 30.9 Å². The number of hydrogen-bond acceptors (Lipinski definition) is 4. The van der Waals surface area contributed by atoms with Gasteiger partial charge in [-0.25, -0.2) is 4.98 Å². The lowest BCUT2D eigenvalue weighted by Gasteiger charge is -2.30. The van der Waals surface area contributed by atoms with Gasteiger partial charge in [-0.1, -0.05) is 0 Å². The Morgan fingerprint density at radius 3 is 2.83 bits per heavy atom. The number of rotatable bonds is 5. The molecule has 3 rings (SSSR count). The SMILES string of the molecule is C[C@@H](O)CN[C@H]1CC[C@@H](Oc2cc(Br)c3ncn(C)c3c2)CC1. The molecule has 1 aliphatic rings. The average molecular weight is 382 g/mol. The molecule has 0 amide bonds. The van der Waals surface area contributed by atoms with Gasteiger partial charge in [0.1, 0.15) is 11.3 Å². The van der Waals surface area contributed by atoms with Gasteiger partial charge in [0.2, 0.25) is 0 Å². The minimum atomic E-state index is -0.285. The Morgan fingerprint density at radius 1 is 1.39 bits per heavy atom. The highest BCUT2D eigenvalue weighted by Crippen LogP contribution is 2.31. The van der Waals surface area contributed by atoms with Crippen LogP contribution >= 0.6 is 15.9 Å². The molecule has 2 N–H and O–H groups in total. The molecule has 6 heteroatoms. The monoisotopic (exact) mass is 381 g/mol. The highest BCUT2D eigenvalue weighted by molar-refractivity contribution is 9.10. The summed E-state index contributed by atoms with van der Waals surface area (Å²) in [4.78, 5) is 4.38. The van der Waals surface area contributed by atoms with Crippen molar-refractivity contribution in [1.82, 2.24) is 14.9 Å². The molecule has 2 aromatic rings. The molecule has 1 aromatic carbocycles. The van der Waals surface area contributed by atoms with Crippen molar-refractivity contribution >= 4 is 27.0 Å². The zero-order valence-electron chi connectivity index (χ0n) is 13.6. The third-order valence-electron chi connectivity index (χ3n) is 4.44. The van der Waals surface area contributed by atoms with Crippen LogP contribution in [0.5, 0.6) is 5.75 Å². The molecule has 0 unspecified atom stereocenters. The number of fused-ring (bicyclic) bond motifs is 1. The van der Waals surface area contributed by atoms with Crippen LogP contribution in [0.15, 0.2) is 22.9 Å². The summed E-state index contributed by atoms with van der Waals surface area (Å²) in [6.45, 7) is 2.48. The van der Waals surface area contributed by atoms with Gasteiger partial charge in [0.05, 0.1) is 24.1 Å². The van der Waals surface area contributed by atoms with Gasteiger partial charge < -0.3 is 19.7 Å². The van der Waals surface area contributed by atoms with Crippen molar-refractivity contribution in [2.24, 2.45) is 7.05 Å². The number of hydrogen-bond donors (Lipinski definition) is 2. The van der Waals surface area contributed by atoms with Crippen molar-refractivity contribution in [3.8, 4) is 5.75 Å². The van der Waals surface area contributed by atoms with Crippen LogP contribution in [0, 0.1) is 0 Å². The summed E-state index contributed by atoms with van der Waals surface area (Å²) in [6.07, 6.45) is 6.05. The van der Waals surface area contributed by atoms with E-state index in [-0.39, 0.29) is 12.2 Å². The maximum Gasteiger partial charge on any atom is 0.123 e. The van der Waals surface area contributed by atoms with E-state index in [4.69, 9.17) is 4.74 Å². The second-order valence-corrected chi connectivity index (χ2v) is 7.33. The fourth-order valence-corrected chi connectivity index (χ4v) is 3.68. The zero-order valence-corrected chi connectivity index (χ0v) is 15.2. The second kappa shape index (κ2) is 7.20. The lowest BCUT2D eigenvalue weighted by atomic mass is 9.93. The van der Waals surface area contributed by atoms with Crippen LogP contribution in [0.4, 0.5) is 0 Å². The number of aliphatic hydroxyl groups is 1. The molecular formula is C17H24BrN3O2. The van der Waals surface area contributed by atoms with Gasteiger partial charge in [0, 0.05) is 30.2 Å². The zero-order chi connectivity index (χ0) is 16.4. The summed E-state index contributed by atoms with van der Waals surface area (Å²) in [5, 5.41) is 12.8. The Balaban J connectivity index is 1.59. The molecule has 5 nitrogen and oxygen atoms in total. The number of ether oxygens (including phenoxy) is 1. The fraction of sp³-hybridized carbons (Fsp3) is 0.588. The molecule has 1 fully saturated rings. The number of nitrogens with one attached hydrogen (secondary N) is 1. The Labute approximate surface area is 145 Å². The highest BCUT2D eigenvalue weighted by Gasteiger charge is 2.22. The predicted octanol–water partition coefficient (Wildman–Crippen LogP) is 3.00. The predicted molar refractivity (Wildman–Crippen MR) is 94.8 cm³/mol. The third-order valence-corrected chi connectivity index (χ3v) is 5.04. The van der Waals surface area contributed by atoms with E-state index in [1.54, 1.807) is 0 Å². The number of halogens is 1. The van der Waals surface area contributed by atoms with Crippen LogP contribution in [0.3, 0.4) is 0 Å². The van der Waals surface area contributed by atoms with Gasteiger partial charge >= 0.3 is 0 Å². The average Bonchev–Trinajstić information content (AvgIpc) is 2.89. The number of benzene rings is 1. The van der Waals surface area contributed by atoms with Crippen molar-refractivity contribution in [3.05, 3.63) is 22.9 Å². The van der Waals surface area contributed by atoms with Crippen LogP contribution in [0.25, 0.3) is 11.0 Å². The maximum atomic E-state index is 9.35. The van der Waals surface area contributed by atoms with Crippen molar-refractivity contribution < 1.29 is 9.84 Å². The summed E-state index contributed by atoms with van der Waals surface area (Å²) in [5.74, 6) is 0.897. The molecule has 0 bridgehead atoms. The standard InChI is InChI=1S/C17H24BrN3O2/c1-11(22)9-19-12-3-5-13(6-4-12)23-14-7-15(18)17-16(8-14)21(2)10-20-17/h7-8,10-13,19,22H,3-6,9H2,1-2H3/t11-,12-,13+/m1/s1. The number of nitrogens with zero attached hydrogens (tertiary/aromatic N) is 2. The van der Waals surface area contributed by atoms with E-state index in [1.165, 1.54) is 0 Å². The number of aromatic nitrogens is 2. The van der Waals surface area contributed by atoms with Crippen LogP contribution in [-0.4, -0.2) is 39.5 Å². The van der Waals surface area contributed by atoms with Gasteiger partial charge in [-0.05, 0) is 54.6 Å².